The smallest absolute Gasteiger partial charge is 0.250 e. The van der Waals surface area contributed by atoms with Crippen molar-refractivity contribution in [1.82, 2.24) is 0 Å². The van der Waals surface area contributed by atoms with E-state index in [1.807, 2.05) is 30.3 Å². The minimum Gasteiger partial charge on any atom is -0.543 e. The normalized spacial score (nSPS) is 30.4. The Balaban J connectivity index is 1.67. The SMILES string of the molecule is CC[C@@]12C[C@H](O)[C@](O)(c3ccccc3)C[C@H]1CCc1cc(O[Si](C)(C)C(C)(C)C)ccc12. The summed E-state index contributed by atoms with van der Waals surface area (Å²) in [4.78, 5) is 0. The summed E-state index contributed by atoms with van der Waals surface area (Å²) >= 11 is 0. The van der Waals surface area contributed by atoms with E-state index in [2.05, 4.69) is 59.0 Å². The molecule has 0 heterocycles. The highest BCUT2D eigenvalue weighted by Gasteiger charge is 2.55. The zero-order valence-corrected chi connectivity index (χ0v) is 21.6. The number of benzene rings is 2. The molecule has 4 rings (SSSR count). The van der Waals surface area contributed by atoms with Gasteiger partial charge in [-0.15, -0.1) is 0 Å². The molecular formula is C28H40O3Si. The quantitative estimate of drug-likeness (QED) is 0.533. The molecule has 0 saturated heterocycles. The van der Waals surface area contributed by atoms with Gasteiger partial charge in [-0.1, -0.05) is 64.1 Å². The third kappa shape index (κ3) is 3.74. The van der Waals surface area contributed by atoms with Gasteiger partial charge in [0.1, 0.15) is 11.4 Å². The largest absolute Gasteiger partial charge is 0.543 e. The van der Waals surface area contributed by atoms with Crippen molar-refractivity contribution in [2.45, 2.75) is 95.1 Å². The van der Waals surface area contributed by atoms with Gasteiger partial charge in [0.15, 0.2) is 0 Å². The molecule has 1 fully saturated rings. The minimum absolute atomic E-state index is 0.0937. The van der Waals surface area contributed by atoms with Gasteiger partial charge in [0.2, 0.25) is 8.32 Å². The van der Waals surface area contributed by atoms with E-state index < -0.39 is 20.0 Å². The van der Waals surface area contributed by atoms with Crippen LogP contribution in [0.3, 0.4) is 0 Å². The molecule has 2 aromatic rings. The summed E-state index contributed by atoms with van der Waals surface area (Å²) in [6.07, 6.45) is 3.41. The second-order valence-electron chi connectivity index (χ2n) is 11.6. The molecule has 1 saturated carbocycles. The Morgan fingerprint density at radius 2 is 1.75 bits per heavy atom. The molecule has 0 spiro atoms. The zero-order chi connectivity index (χ0) is 23.4. The lowest BCUT2D eigenvalue weighted by Gasteiger charge is -2.55. The molecule has 3 nitrogen and oxygen atoms in total. The van der Waals surface area contributed by atoms with Crippen LogP contribution in [-0.4, -0.2) is 24.6 Å². The average Bonchev–Trinajstić information content (AvgIpc) is 2.74. The first-order chi connectivity index (χ1) is 14.9. The fraction of sp³-hybridized carbons (Fsp3) is 0.571. The van der Waals surface area contributed by atoms with E-state index in [9.17, 15) is 10.2 Å². The van der Waals surface area contributed by atoms with Crippen molar-refractivity contribution in [3.63, 3.8) is 0 Å². The van der Waals surface area contributed by atoms with Crippen LogP contribution < -0.4 is 4.43 Å². The molecule has 0 amide bonds. The number of aryl methyl sites for hydroxylation is 1. The summed E-state index contributed by atoms with van der Waals surface area (Å²) in [5.41, 5.74) is 2.28. The van der Waals surface area contributed by atoms with E-state index in [0.717, 1.165) is 30.6 Å². The van der Waals surface area contributed by atoms with E-state index in [-0.39, 0.29) is 10.5 Å². The lowest BCUT2D eigenvalue weighted by molar-refractivity contribution is -0.146. The van der Waals surface area contributed by atoms with Crippen molar-refractivity contribution >= 4 is 8.32 Å². The van der Waals surface area contributed by atoms with Crippen LogP contribution >= 0.6 is 0 Å². The van der Waals surface area contributed by atoms with E-state index in [0.29, 0.717) is 18.8 Å². The standard InChI is InChI=1S/C28H40O3Si/c1-7-27-19-25(29)28(30,21-11-9-8-10-12-21)18-22(27)14-13-20-17-23(15-16-24(20)27)31-32(5,6)26(2,3)4/h8-12,15-17,22,25,29-30H,7,13-14,18-19H2,1-6H3/t22-,25+,27-,28-/m1/s1. The number of hydrogen-bond acceptors (Lipinski definition) is 3. The highest BCUT2D eigenvalue weighted by atomic mass is 28.4. The van der Waals surface area contributed by atoms with E-state index in [1.54, 1.807) is 0 Å². The summed E-state index contributed by atoms with van der Waals surface area (Å²) in [7, 11) is -1.89. The molecule has 32 heavy (non-hydrogen) atoms. The van der Waals surface area contributed by atoms with Crippen LogP contribution in [0.15, 0.2) is 48.5 Å². The van der Waals surface area contributed by atoms with Gasteiger partial charge in [-0.2, -0.15) is 0 Å². The Hall–Kier alpha value is -1.62. The van der Waals surface area contributed by atoms with Gasteiger partial charge in [-0.05, 0) is 85.0 Å². The van der Waals surface area contributed by atoms with Gasteiger partial charge < -0.3 is 14.6 Å². The molecular weight excluding hydrogens is 412 g/mol. The number of fused-ring (bicyclic) bond motifs is 3. The van der Waals surface area contributed by atoms with Crippen LogP contribution in [0.25, 0.3) is 0 Å². The Labute approximate surface area is 195 Å². The predicted octanol–water partition coefficient (Wildman–Crippen LogP) is 6.32. The fourth-order valence-electron chi connectivity index (χ4n) is 5.86. The Morgan fingerprint density at radius 1 is 1.06 bits per heavy atom. The molecule has 2 aliphatic carbocycles. The summed E-state index contributed by atoms with van der Waals surface area (Å²) in [6.45, 7) is 13.6. The van der Waals surface area contributed by atoms with Gasteiger partial charge in [-0.3, -0.25) is 0 Å². The van der Waals surface area contributed by atoms with Crippen molar-refractivity contribution < 1.29 is 14.6 Å². The van der Waals surface area contributed by atoms with Crippen molar-refractivity contribution in [2.24, 2.45) is 5.92 Å². The first kappa shape index (κ1) is 23.5. The van der Waals surface area contributed by atoms with Gasteiger partial charge >= 0.3 is 0 Å². The third-order valence-electron chi connectivity index (χ3n) is 8.91. The van der Waals surface area contributed by atoms with Crippen molar-refractivity contribution in [3.8, 4) is 5.75 Å². The molecule has 0 unspecified atom stereocenters. The zero-order valence-electron chi connectivity index (χ0n) is 20.6. The molecule has 0 radical (unpaired) electrons. The molecule has 2 aromatic carbocycles. The third-order valence-corrected chi connectivity index (χ3v) is 13.3. The molecule has 0 aromatic heterocycles. The summed E-state index contributed by atoms with van der Waals surface area (Å²) in [5.74, 6) is 1.33. The minimum atomic E-state index is -1.89. The molecule has 2 aliphatic rings. The lowest BCUT2D eigenvalue weighted by atomic mass is 9.52. The molecule has 0 aliphatic heterocycles. The number of rotatable bonds is 4. The monoisotopic (exact) mass is 452 g/mol. The highest BCUT2D eigenvalue weighted by Crippen LogP contribution is 2.57. The van der Waals surface area contributed by atoms with Crippen LogP contribution in [-0.2, 0) is 17.4 Å². The topological polar surface area (TPSA) is 49.7 Å². The number of aliphatic hydroxyl groups is 2. The molecule has 4 atom stereocenters. The molecule has 0 bridgehead atoms. The summed E-state index contributed by atoms with van der Waals surface area (Å²) in [6, 6.07) is 16.4. The van der Waals surface area contributed by atoms with E-state index in [1.165, 1.54) is 11.1 Å². The Bertz CT molecular complexity index is 964. The Morgan fingerprint density at radius 3 is 2.38 bits per heavy atom. The lowest BCUT2D eigenvalue weighted by Crippen LogP contribution is -2.56. The van der Waals surface area contributed by atoms with Crippen molar-refractivity contribution in [3.05, 3.63) is 65.2 Å². The van der Waals surface area contributed by atoms with Crippen molar-refractivity contribution in [2.75, 3.05) is 0 Å². The van der Waals surface area contributed by atoms with E-state index in [4.69, 9.17) is 4.43 Å². The molecule has 174 valence electrons. The second-order valence-corrected chi connectivity index (χ2v) is 16.4. The summed E-state index contributed by atoms with van der Waals surface area (Å²) < 4.78 is 6.60. The maximum absolute atomic E-state index is 11.6. The first-order valence-electron chi connectivity index (χ1n) is 12.2. The predicted molar refractivity (Wildman–Crippen MR) is 134 cm³/mol. The maximum atomic E-state index is 11.6. The van der Waals surface area contributed by atoms with Crippen LogP contribution in [0.4, 0.5) is 0 Å². The fourth-order valence-corrected chi connectivity index (χ4v) is 6.88. The molecule has 4 heteroatoms. The Kier molecular flexibility index (Phi) is 5.88. The van der Waals surface area contributed by atoms with Gasteiger partial charge in [-0.25, -0.2) is 0 Å². The van der Waals surface area contributed by atoms with Gasteiger partial charge in [0, 0.05) is 5.41 Å². The van der Waals surface area contributed by atoms with Crippen molar-refractivity contribution in [1.29, 1.82) is 0 Å². The molecule has 2 N–H and O–H groups in total. The van der Waals surface area contributed by atoms with Gasteiger partial charge in [0.05, 0.1) is 6.10 Å². The maximum Gasteiger partial charge on any atom is 0.250 e. The van der Waals surface area contributed by atoms with Crippen LogP contribution in [0.2, 0.25) is 18.1 Å². The van der Waals surface area contributed by atoms with Gasteiger partial charge in [0.25, 0.3) is 0 Å². The van der Waals surface area contributed by atoms with Crippen LogP contribution in [0.1, 0.15) is 70.1 Å². The average molecular weight is 453 g/mol. The van der Waals surface area contributed by atoms with E-state index >= 15 is 0 Å². The summed E-state index contributed by atoms with van der Waals surface area (Å²) in [5, 5.41) is 23.0. The highest BCUT2D eigenvalue weighted by molar-refractivity contribution is 6.74. The number of hydrogen-bond donors (Lipinski definition) is 2. The first-order valence-corrected chi connectivity index (χ1v) is 15.1. The van der Waals surface area contributed by atoms with Crippen LogP contribution in [0, 0.1) is 5.92 Å². The second kappa shape index (κ2) is 8.00. The van der Waals surface area contributed by atoms with Crippen LogP contribution in [0.5, 0.6) is 5.75 Å². The number of aliphatic hydroxyl groups excluding tert-OH is 1.